The Morgan fingerprint density at radius 2 is 1.84 bits per heavy atom. The van der Waals surface area contributed by atoms with Gasteiger partial charge in [-0.3, -0.25) is 9.59 Å². The quantitative estimate of drug-likeness (QED) is 0.0680. The zero-order valence-electron chi connectivity index (χ0n) is 33.9. The molecule has 0 bridgehead atoms. The first-order chi connectivity index (χ1) is 27.3. The zero-order valence-corrected chi connectivity index (χ0v) is 35.5. The number of hydrogen-bond donors (Lipinski definition) is 4. The second-order valence-electron chi connectivity index (χ2n) is 16.1. The molecule has 318 valence electrons. The van der Waals surface area contributed by atoms with E-state index in [1.54, 1.807) is 6.08 Å². The van der Waals surface area contributed by atoms with Crippen LogP contribution in [0.3, 0.4) is 0 Å². The van der Waals surface area contributed by atoms with Gasteiger partial charge in [-0.25, -0.2) is 9.20 Å². The van der Waals surface area contributed by atoms with E-state index in [2.05, 4.69) is 51.3 Å². The Bertz CT molecular complexity index is 1910. The van der Waals surface area contributed by atoms with E-state index in [0.29, 0.717) is 30.8 Å². The number of ether oxygens (including phenoxy) is 1. The lowest BCUT2D eigenvalue weighted by Crippen LogP contribution is -2.57. The molecule has 2 saturated heterocycles. The number of aliphatic imine (C=N–C) groups is 1. The molecule has 2 aliphatic heterocycles. The molecule has 58 heavy (non-hydrogen) atoms. The van der Waals surface area contributed by atoms with E-state index < -0.39 is 68.1 Å². The third-order valence-corrected chi connectivity index (χ3v) is 14.7. The molecular formula is C42H58F3N7O4S2. The molecule has 2 heterocycles. The molecule has 4 N–H and O–H groups in total. The highest BCUT2D eigenvalue weighted by atomic mass is 32.2. The normalized spacial score (nSPS) is 27.7. The van der Waals surface area contributed by atoms with Crippen LogP contribution in [0.15, 0.2) is 79.1 Å². The fraction of sp³-hybridized carbons (Fsp3) is 0.548. The number of nitrogens with zero attached hydrogens (tertiary/aromatic N) is 3. The van der Waals surface area contributed by atoms with Crippen molar-refractivity contribution in [3.8, 4) is 0 Å². The number of carbonyl (C=O) groups excluding carboxylic acids is 2. The van der Waals surface area contributed by atoms with Crippen LogP contribution in [0, 0.1) is 5.92 Å². The number of amidine groups is 1. The van der Waals surface area contributed by atoms with Crippen molar-refractivity contribution in [1.29, 1.82) is 0 Å². The van der Waals surface area contributed by atoms with Crippen molar-refractivity contribution in [2.75, 3.05) is 11.9 Å². The van der Waals surface area contributed by atoms with E-state index in [-0.39, 0.29) is 29.9 Å². The van der Waals surface area contributed by atoms with Crippen LogP contribution in [0.1, 0.15) is 91.0 Å². The number of halogens is 3. The van der Waals surface area contributed by atoms with Gasteiger partial charge in [-0.1, -0.05) is 49.9 Å². The molecule has 11 nitrogen and oxygen atoms in total. The topological polar surface area (TPSA) is 127 Å². The Labute approximate surface area is 346 Å². The van der Waals surface area contributed by atoms with E-state index in [1.165, 1.54) is 23.2 Å². The molecule has 2 saturated carbocycles. The number of rotatable bonds is 19. The smallest absolute Gasteiger partial charge is 0.374 e. The van der Waals surface area contributed by atoms with Gasteiger partial charge in [-0.15, -0.1) is 13.2 Å². The first-order valence-electron chi connectivity index (χ1n) is 19.9. The van der Waals surface area contributed by atoms with E-state index in [0.717, 1.165) is 49.9 Å². The van der Waals surface area contributed by atoms with Crippen molar-refractivity contribution >= 4 is 56.1 Å². The van der Waals surface area contributed by atoms with Gasteiger partial charge in [-0.05, 0) is 96.4 Å². The second-order valence-corrected chi connectivity index (χ2v) is 19.0. The maximum absolute atomic E-state index is 14.8. The second kappa shape index (κ2) is 18.0. The first-order valence-corrected chi connectivity index (χ1v) is 22.0. The highest BCUT2D eigenvalue weighted by molar-refractivity contribution is 8.01. The predicted octanol–water partition coefficient (Wildman–Crippen LogP) is 6.81. The SMILES string of the molecule is C=CCCCCC[C@H](Nc1ccc(C(F)(F)F)cc1)C(=O)N1CC(OC2N/C(=C/C)C(=NC=C)N2C(C)C)CC1C(=O)N[C@]1(C(=S)NS(=C)(=O)C2(C)CC2)CC1C=C. The maximum Gasteiger partial charge on any atom is 0.416 e. The number of thiocarbonyl (C=S) groups is 1. The van der Waals surface area contributed by atoms with E-state index in [4.69, 9.17) is 17.0 Å². The van der Waals surface area contributed by atoms with Crippen molar-refractivity contribution in [3.05, 3.63) is 79.7 Å². The van der Waals surface area contributed by atoms with Crippen LogP contribution in [-0.4, -0.2) is 89.9 Å². The van der Waals surface area contributed by atoms with Crippen LogP contribution in [0.5, 0.6) is 0 Å². The number of hydrogen-bond acceptors (Lipinski definition) is 8. The number of allylic oxidation sites excluding steroid dienone is 2. The summed E-state index contributed by atoms with van der Waals surface area (Å²) in [6.45, 7) is 19.3. The van der Waals surface area contributed by atoms with Gasteiger partial charge in [0.1, 0.15) is 17.1 Å². The van der Waals surface area contributed by atoms with Gasteiger partial charge in [0.25, 0.3) is 0 Å². The third kappa shape index (κ3) is 9.82. The summed E-state index contributed by atoms with van der Waals surface area (Å²) in [6, 6.07) is 2.61. The number of anilines is 1. The Kier molecular flexibility index (Phi) is 13.9. The average molecular weight is 846 g/mol. The summed E-state index contributed by atoms with van der Waals surface area (Å²) in [5.74, 6) is 3.50. The molecular weight excluding hydrogens is 788 g/mol. The van der Waals surface area contributed by atoms with E-state index in [1.807, 2.05) is 44.7 Å². The number of likely N-dealkylation sites (tertiary alicyclic amines) is 1. The van der Waals surface area contributed by atoms with Crippen LogP contribution in [-0.2, 0) is 30.2 Å². The van der Waals surface area contributed by atoms with Crippen LogP contribution < -0.4 is 20.7 Å². The fourth-order valence-electron chi connectivity index (χ4n) is 7.57. The van der Waals surface area contributed by atoms with Crippen LogP contribution in [0.2, 0.25) is 0 Å². The zero-order chi connectivity index (χ0) is 42.6. The minimum absolute atomic E-state index is 0.0490. The Balaban J connectivity index is 1.45. The Morgan fingerprint density at radius 3 is 2.40 bits per heavy atom. The molecule has 0 spiro atoms. The van der Waals surface area contributed by atoms with Gasteiger partial charge in [0, 0.05) is 36.8 Å². The summed E-state index contributed by atoms with van der Waals surface area (Å²) in [7, 11) is -2.83. The molecule has 4 aliphatic rings. The molecule has 5 unspecified atom stereocenters. The van der Waals surface area contributed by atoms with Gasteiger partial charge < -0.3 is 35.2 Å². The number of alkyl halides is 3. The Morgan fingerprint density at radius 1 is 1.16 bits per heavy atom. The van der Waals surface area contributed by atoms with Crippen molar-refractivity contribution in [2.45, 2.75) is 133 Å². The molecule has 16 heteroatoms. The number of unbranched alkanes of at least 4 members (excludes halogenated alkanes) is 3. The molecule has 7 atom stereocenters. The summed E-state index contributed by atoms with van der Waals surface area (Å²) in [5.41, 5.74) is -0.802. The van der Waals surface area contributed by atoms with Crippen molar-refractivity contribution < 1.29 is 31.7 Å². The highest BCUT2D eigenvalue weighted by Crippen LogP contribution is 2.47. The number of nitrogens with one attached hydrogen (secondary N) is 4. The third-order valence-electron chi connectivity index (χ3n) is 11.6. The summed E-state index contributed by atoms with van der Waals surface area (Å²) in [6.07, 6.45) is 6.56. The minimum atomic E-state index is -4.52. The predicted molar refractivity (Wildman–Crippen MR) is 230 cm³/mol. The lowest BCUT2D eigenvalue weighted by Gasteiger charge is -2.32. The summed E-state index contributed by atoms with van der Waals surface area (Å²) in [4.78, 5) is 37.6. The molecule has 1 aromatic rings. The van der Waals surface area contributed by atoms with Gasteiger partial charge in [-0.2, -0.15) is 13.2 Å². The van der Waals surface area contributed by atoms with Gasteiger partial charge in [0.05, 0.1) is 37.4 Å². The highest BCUT2D eigenvalue weighted by Gasteiger charge is 2.60. The van der Waals surface area contributed by atoms with E-state index in [9.17, 15) is 27.0 Å². The molecule has 1 aromatic carbocycles. The van der Waals surface area contributed by atoms with Gasteiger partial charge in [0.2, 0.25) is 18.2 Å². The van der Waals surface area contributed by atoms with Crippen molar-refractivity contribution in [1.82, 2.24) is 25.2 Å². The van der Waals surface area contributed by atoms with Crippen LogP contribution >= 0.6 is 12.2 Å². The van der Waals surface area contributed by atoms with Gasteiger partial charge >= 0.3 is 6.18 Å². The maximum atomic E-state index is 14.8. The standard InChI is InChI=1S/C42H58F3N7O4S2/c1-9-13-14-15-16-17-33(47-30-20-18-29(19-21-30)42(43,44)45)37(54)51-26-31(56-39-48-32(11-3)35(46-12-4)52(39)27(5)6)24-34(51)36(53)49-41(25-28(41)10-2)38(57)50-58(8,55)40(7)22-23-40/h9-12,18-21,27-28,31,33-34,39,47-48H,1-2,4,8,13-17,22-26H2,3,5-7H3,(H,49,53)(H,50,55,57)/b32-11+,46-35?/t28?,31?,33-,34?,39?,41+,58?/m0/s1. The lowest BCUT2D eigenvalue weighted by atomic mass is 10.0. The minimum Gasteiger partial charge on any atom is -0.374 e. The summed E-state index contributed by atoms with van der Waals surface area (Å²) >= 11 is 5.83. The lowest BCUT2D eigenvalue weighted by molar-refractivity contribution is -0.139. The monoisotopic (exact) mass is 845 g/mol. The largest absolute Gasteiger partial charge is 0.416 e. The first kappa shape index (κ1) is 44.9. The summed E-state index contributed by atoms with van der Waals surface area (Å²) in [5, 5.41) is 9.67. The number of benzene rings is 1. The van der Waals surface area contributed by atoms with Crippen LogP contribution in [0.25, 0.3) is 0 Å². The molecule has 4 fully saturated rings. The van der Waals surface area contributed by atoms with Gasteiger partial charge in [0.15, 0.2) is 5.84 Å². The molecule has 5 rings (SSSR count). The average Bonchev–Trinajstić information content (AvgIpc) is 4.01. The molecule has 2 aliphatic carbocycles. The van der Waals surface area contributed by atoms with Crippen molar-refractivity contribution in [2.24, 2.45) is 10.9 Å². The Hall–Kier alpha value is -4.15. The summed E-state index contributed by atoms with van der Waals surface area (Å²) < 4.78 is 63.1. The van der Waals surface area contributed by atoms with Crippen molar-refractivity contribution in [3.63, 3.8) is 0 Å². The van der Waals surface area contributed by atoms with E-state index >= 15 is 0 Å². The number of carbonyl (C=O) groups is 2. The number of amides is 2. The molecule has 0 radical (unpaired) electrons. The molecule has 0 aromatic heterocycles. The van der Waals surface area contributed by atoms with Crippen LogP contribution in [0.4, 0.5) is 18.9 Å². The fourth-order valence-corrected chi connectivity index (χ4v) is 9.75. The molecule has 2 amide bonds.